The molecular formula is C19H24N2O. The van der Waals surface area contributed by atoms with Crippen LogP contribution >= 0.6 is 0 Å². The van der Waals surface area contributed by atoms with E-state index >= 15 is 0 Å². The van der Waals surface area contributed by atoms with Gasteiger partial charge < -0.3 is 10.0 Å². The Kier molecular flexibility index (Phi) is 4.64. The summed E-state index contributed by atoms with van der Waals surface area (Å²) in [4.78, 5) is 5.00. The quantitative estimate of drug-likeness (QED) is 0.939. The second kappa shape index (κ2) is 6.84. The molecule has 3 heteroatoms. The minimum absolute atomic E-state index is 0.343. The fraction of sp³-hybridized carbons (Fsp3) is 0.368. The third kappa shape index (κ3) is 3.80. The third-order valence-corrected chi connectivity index (χ3v) is 4.39. The lowest BCUT2D eigenvalue weighted by molar-refractivity contribution is 0.261. The molecule has 0 radical (unpaired) electrons. The molecule has 0 bridgehead atoms. The van der Waals surface area contributed by atoms with Gasteiger partial charge in [0.25, 0.3) is 0 Å². The molecule has 1 saturated heterocycles. The predicted molar refractivity (Wildman–Crippen MR) is 91.6 cm³/mol. The Labute approximate surface area is 132 Å². The Balaban J connectivity index is 1.48. The van der Waals surface area contributed by atoms with Gasteiger partial charge in [-0.2, -0.15) is 0 Å². The number of anilines is 1. The van der Waals surface area contributed by atoms with Gasteiger partial charge >= 0.3 is 0 Å². The van der Waals surface area contributed by atoms with Crippen molar-refractivity contribution in [3.8, 4) is 5.75 Å². The summed E-state index contributed by atoms with van der Waals surface area (Å²) in [6, 6.07) is 16.3. The fourth-order valence-electron chi connectivity index (χ4n) is 3.00. The van der Waals surface area contributed by atoms with Crippen molar-refractivity contribution in [2.45, 2.75) is 13.3 Å². The Bertz CT molecular complexity index is 601. The molecule has 22 heavy (non-hydrogen) atoms. The van der Waals surface area contributed by atoms with E-state index in [1.165, 1.54) is 16.8 Å². The van der Waals surface area contributed by atoms with Crippen LogP contribution in [0.15, 0.2) is 48.5 Å². The van der Waals surface area contributed by atoms with Crippen LogP contribution in [0.3, 0.4) is 0 Å². The Morgan fingerprint density at radius 3 is 2.36 bits per heavy atom. The molecule has 1 aliphatic heterocycles. The van der Waals surface area contributed by atoms with E-state index in [1.807, 2.05) is 12.1 Å². The number of rotatable bonds is 4. The average Bonchev–Trinajstić information content (AvgIpc) is 2.55. The topological polar surface area (TPSA) is 26.7 Å². The van der Waals surface area contributed by atoms with E-state index in [9.17, 15) is 5.11 Å². The van der Waals surface area contributed by atoms with Crippen molar-refractivity contribution in [1.29, 1.82) is 0 Å². The summed E-state index contributed by atoms with van der Waals surface area (Å²) in [6.45, 7) is 7.67. The summed E-state index contributed by atoms with van der Waals surface area (Å²) in [5.41, 5.74) is 3.96. The molecule has 0 amide bonds. The molecule has 1 N–H and O–H groups in total. The van der Waals surface area contributed by atoms with Crippen LogP contribution in [0.2, 0.25) is 0 Å². The van der Waals surface area contributed by atoms with E-state index in [4.69, 9.17) is 0 Å². The molecule has 3 nitrogen and oxygen atoms in total. The van der Waals surface area contributed by atoms with Crippen molar-refractivity contribution in [3.05, 3.63) is 59.7 Å². The van der Waals surface area contributed by atoms with Crippen molar-refractivity contribution in [2.75, 3.05) is 37.6 Å². The lowest BCUT2D eigenvalue weighted by Crippen LogP contribution is -2.47. The van der Waals surface area contributed by atoms with Crippen molar-refractivity contribution in [3.63, 3.8) is 0 Å². The third-order valence-electron chi connectivity index (χ3n) is 4.39. The van der Waals surface area contributed by atoms with Crippen LogP contribution in [0.25, 0.3) is 0 Å². The van der Waals surface area contributed by atoms with E-state index in [0.717, 1.165) is 39.1 Å². The number of aromatic hydroxyl groups is 1. The second-order valence-corrected chi connectivity index (χ2v) is 6.08. The average molecular weight is 296 g/mol. The lowest BCUT2D eigenvalue weighted by Gasteiger charge is -2.36. The summed E-state index contributed by atoms with van der Waals surface area (Å²) in [5, 5.41) is 9.31. The van der Waals surface area contributed by atoms with E-state index in [2.05, 4.69) is 41.0 Å². The maximum atomic E-state index is 9.31. The number of piperazine rings is 1. The Morgan fingerprint density at radius 1 is 0.955 bits per heavy atom. The number of hydrogen-bond donors (Lipinski definition) is 1. The van der Waals surface area contributed by atoms with Crippen LogP contribution in [0.4, 0.5) is 5.69 Å². The molecule has 0 aromatic heterocycles. The highest BCUT2D eigenvalue weighted by Crippen LogP contribution is 2.18. The summed E-state index contributed by atoms with van der Waals surface area (Å²) in [7, 11) is 0. The molecule has 0 aliphatic carbocycles. The van der Waals surface area contributed by atoms with Crippen LogP contribution in [0.1, 0.15) is 11.1 Å². The van der Waals surface area contributed by atoms with Gasteiger partial charge in [-0.1, -0.05) is 24.3 Å². The standard InChI is InChI=1S/C19H24N2O/c1-16-3-2-4-18(15-16)21-13-11-20(12-14-21)10-9-17-5-7-19(22)8-6-17/h2-8,15,22H,9-14H2,1H3. The minimum atomic E-state index is 0.343. The van der Waals surface area contributed by atoms with E-state index < -0.39 is 0 Å². The monoisotopic (exact) mass is 296 g/mol. The van der Waals surface area contributed by atoms with E-state index in [-0.39, 0.29) is 0 Å². The summed E-state index contributed by atoms with van der Waals surface area (Å²) < 4.78 is 0. The SMILES string of the molecule is Cc1cccc(N2CCN(CCc3ccc(O)cc3)CC2)c1. The van der Waals surface area contributed by atoms with Gasteiger partial charge in [-0.15, -0.1) is 0 Å². The van der Waals surface area contributed by atoms with Gasteiger partial charge in [0.2, 0.25) is 0 Å². The second-order valence-electron chi connectivity index (χ2n) is 6.08. The van der Waals surface area contributed by atoms with Crippen molar-refractivity contribution in [2.24, 2.45) is 0 Å². The molecule has 116 valence electrons. The highest BCUT2D eigenvalue weighted by atomic mass is 16.3. The normalized spacial score (nSPS) is 16.0. The van der Waals surface area contributed by atoms with Crippen LogP contribution in [-0.2, 0) is 6.42 Å². The molecule has 0 saturated carbocycles. The summed E-state index contributed by atoms with van der Waals surface area (Å²) in [6.07, 6.45) is 1.05. The Morgan fingerprint density at radius 2 is 1.68 bits per heavy atom. The van der Waals surface area contributed by atoms with Crippen LogP contribution in [0, 0.1) is 6.92 Å². The first kappa shape index (κ1) is 14.9. The molecule has 1 aliphatic rings. The minimum Gasteiger partial charge on any atom is -0.508 e. The van der Waals surface area contributed by atoms with Crippen LogP contribution in [0.5, 0.6) is 5.75 Å². The largest absolute Gasteiger partial charge is 0.508 e. The first-order valence-electron chi connectivity index (χ1n) is 8.02. The maximum Gasteiger partial charge on any atom is 0.115 e. The van der Waals surface area contributed by atoms with Gasteiger partial charge in [-0.3, -0.25) is 4.90 Å². The zero-order chi connectivity index (χ0) is 15.4. The summed E-state index contributed by atoms with van der Waals surface area (Å²) in [5.74, 6) is 0.343. The zero-order valence-corrected chi connectivity index (χ0v) is 13.2. The zero-order valence-electron chi connectivity index (χ0n) is 13.2. The number of phenols is 1. The van der Waals surface area contributed by atoms with Crippen molar-refractivity contribution < 1.29 is 5.11 Å². The molecule has 0 spiro atoms. The first-order valence-corrected chi connectivity index (χ1v) is 8.02. The first-order chi connectivity index (χ1) is 10.7. The molecule has 1 heterocycles. The molecule has 0 atom stereocenters. The summed E-state index contributed by atoms with van der Waals surface area (Å²) >= 11 is 0. The molecule has 2 aromatic carbocycles. The van der Waals surface area contributed by atoms with Gasteiger partial charge in [0.05, 0.1) is 0 Å². The van der Waals surface area contributed by atoms with Gasteiger partial charge in [0.1, 0.15) is 5.75 Å². The van der Waals surface area contributed by atoms with Gasteiger partial charge in [0, 0.05) is 38.4 Å². The lowest BCUT2D eigenvalue weighted by atomic mass is 10.1. The highest BCUT2D eigenvalue weighted by Gasteiger charge is 2.16. The number of phenolic OH excluding ortho intramolecular Hbond substituents is 1. The molecule has 3 rings (SSSR count). The Hall–Kier alpha value is -2.00. The van der Waals surface area contributed by atoms with Crippen LogP contribution < -0.4 is 4.90 Å². The van der Waals surface area contributed by atoms with Gasteiger partial charge in [-0.05, 0) is 48.7 Å². The van der Waals surface area contributed by atoms with Gasteiger partial charge in [0.15, 0.2) is 0 Å². The van der Waals surface area contributed by atoms with Crippen molar-refractivity contribution >= 4 is 5.69 Å². The number of hydrogen-bond acceptors (Lipinski definition) is 3. The molecular weight excluding hydrogens is 272 g/mol. The highest BCUT2D eigenvalue weighted by molar-refractivity contribution is 5.48. The van der Waals surface area contributed by atoms with Gasteiger partial charge in [-0.25, -0.2) is 0 Å². The molecule has 2 aromatic rings. The van der Waals surface area contributed by atoms with E-state index in [1.54, 1.807) is 12.1 Å². The molecule has 0 unspecified atom stereocenters. The number of aryl methyl sites for hydroxylation is 1. The predicted octanol–water partition coefficient (Wildman–Crippen LogP) is 3.07. The fourth-order valence-corrected chi connectivity index (χ4v) is 3.00. The number of benzene rings is 2. The molecule has 1 fully saturated rings. The van der Waals surface area contributed by atoms with Crippen LogP contribution in [-0.4, -0.2) is 42.7 Å². The number of nitrogens with zero attached hydrogens (tertiary/aromatic N) is 2. The van der Waals surface area contributed by atoms with E-state index in [0.29, 0.717) is 5.75 Å². The maximum absolute atomic E-state index is 9.31. The smallest absolute Gasteiger partial charge is 0.115 e. The van der Waals surface area contributed by atoms with Crippen molar-refractivity contribution in [1.82, 2.24) is 4.90 Å².